The van der Waals surface area contributed by atoms with Gasteiger partial charge in [0.2, 0.25) is 0 Å². The number of hydrogen-bond donors (Lipinski definition) is 0. The Bertz CT molecular complexity index is 839. The van der Waals surface area contributed by atoms with Crippen LogP contribution in [0.15, 0.2) is 0 Å². The molecule has 0 amide bonds. The van der Waals surface area contributed by atoms with Crippen molar-refractivity contribution in [1.82, 2.24) is 0 Å². The Balaban J connectivity index is -0.000000396. The molecule has 61 heavy (non-hydrogen) atoms. The first-order valence-corrected chi connectivity index (χ1v) is 26.5. The minimum Gasteiger partial charge on any atom is -0.550 e. The first kappa shape index (κ1) is 67.4. The van der Waals surface area contributed by atoms with Crippen LogP contribution in [0, 0.1) is 57.1 Å². The van der Waals surface area contributed by atoms with Crippen molar-refractivity contribution < 1.29 is 70.5 Å². The molecule has 0 aliphatic rings. The van der Waals surface area contributed by atoms with Gasteiger partial charge in [0.15, 0.2) is 0 Å². The van der Waals surface area contributed by atoms with Crippen molar-refractivity contribution in [2.24, 2.45) is 16.2 Å². The molecule has 3 atom stereocenters. The molecule has 0 aromatic rings. The molecule has 0 saturated carbocycles. The van der Waals surface area contributed by atoms with Crippen LogP contribution in [0.4, 0.5) is 0 Å². The van der Waals surface area contributed by atoms with Gasteiger partial charge >= 0.3 is 40.8 Å². The van der Waals surface area contributed by atoms with Crippen LogP contribution in [0.25, 0.3) is 0 Å². The van der Waals surface area contributed by atoms with Crippen LogP contribution in [0.2, 0.25) is 0 Å². The van der Waals surface area contributed by atoms with Gasteiger partial charge in [-0.1, -0.05) is 255 Å². The molecule has 0 bridgehead atoms. The summed E-state index contributed by atoms with van der Waals surface area (Å²) < 4.78 is 0. The predicted molar refractivity (Wildman–Crippen MR) is 253 cm³/mol. The van der Waals surface area contributed by atoms with E-state index in [1.54, 1.807) is 0 Å². The van der Waals surface area contributed by atoms with Crippen molar-refractivity contribution in [3.63, 3.8) is 0 Å². The van der Waals surface area contributed by atoms with Crippen molar-refractivity contribution in [3.05, 3.63) is 0 Å². The van der Waals surface area contributed by atoms with Gasteiger partial charge in [-0.05, 0) is 57.8 Å². The maximum atomic E-state index is 11.6. The van der Waals surface area contributed by atoms with Gasteiger partial charge in [0.1, 0.15) is 0 Å². The van der Waals surface area contributed by atoms with Crippen LogP contribution in [0.5, 0.6) is 0 Å². The Morgan fingerprint density at radius 3 is 0.525 bits per heavy atom. The molecule has 0 spiro atoms. The van der Waals surface area contributed by atoms with Gasteiger partial charge in [0, 0.05) is 34.2 Å². The van der Waals surface area contributed by atoms with E-state index in [0.29, 0.717) is 0 Å². The molecule has 0 heterocycles. The molecule has 1 radical (unpaired) electrons. The molecular weight excluding hydrogens is 889 g/mol. The molecule has 0 fully saturated rings. The van der Waals surface area contributed by atoms with Crippen LogP contribution in [-0.2, 0) is 14.4 Å². The van der Waals surface area contributed by atoms with E-state index in [-0.39, 0.29) is 40.8 Å². The van der Waals surface area contributed by atoms with E-state index in [1.807, 2.05) is 20.8 Å². The first-order chi connectivity index (χ1) is 28.9. The molecule has 7 heteroatoms. The van der Waals surface area contributed by atoms with Crippen LogP contribution in [-0.4, -0.2) is 17.9 Å². The van der Waals surface area contributed by atoms with Crippen LogP contribution < -0.4 is 15.3 Å². The van der Waals surface area contributed by atoms with E-state index in [1.165, 1.54) is 135 Å². The summed E-state index contributed by atoms with van der Waals surface area (Å²) in [5.41, 5.74) is -1.67. The van der Waals surface area contributed by atoms with Crippen LogP contribution in [0.3, 0.4) is 0 Å². The maximum absolute atomic E-state index is 11.6. The number of rotatable bonds is 42. The summed E-state index contributed by atoms with van der Waals surface area (Å²) in [4.78, 5) is 34.7. The third kappa shape index (κ3) is 35.7. The zero-order valence-corrected chi connectivity index (χ0v) is 45.7. The Hall–Kier alpha value is -0.239. The van der Waals surface area contributed by atoms with Crippen LogP contribution in [0.1, 0.15) is 313 Å². The van der Waals surface area contributed by atoms with Gasteiger partial charge in [-0.25, -0.2) is 0 Å². The van der Waals surface area contributed by atoms with Crippen molar-refractivity contribution in [2.75, 3.05) is 0 Å². The SMILES string of the molecule is CCCCCCCCC(CC)(CCCCCC)C(=O)[O-].CCCCCCCCC(CC)(CCCCCC)C(=O)[O-].CCCCCCCCC(CC)(CCCCCC)C(=O)[O-].[Nd+3]. The number of hydrogen-bond acceptors (Lipinski definition) is 6. The third-order valence-electron chi connectivity index (χ3n) is 13.9. The monoisotopic (exact) mass is 992 g/mol. The number of unbranched alkanes of at least 4 members (excludes halogenated alkanes) is 24. The molecule has 3 unspecified atom stereocenters. The van der Waals surface area contributed by atoms with Crippen LogP contribution >= 0.6 is 0 Å². The first-order valence-electron chi connectivity index (χ1n) is 26.5. The Kier molecular flexibility index (Phi) is 52.7. The van der Waals surface area contributed by atoms with Gasteiger partial charge in [-0.15, -0.1) is 0 Å². The third-order valence-corrected chi connectivity index (χ3v) is 13.9. The molecule has 0 aromatic heterocycles. The average molecular weight is 995 g/mol. The number of carboxylic acid groups (broad SMARTS) is 3. The summed E-state index contributed by atoms with van der Waals surface area (Å²) in [6.07, 6.45) is 42.7. The van der Waals surface area contributed by atoms with Gasteiger partial charge in [0.25, 0.3) is 0 Å². The molecule has 6 nitrogen and oxygen atoms in total. The zero-order chi connectivity index (χ0) is 45.8. The van der Waals surface area contributed by atoms with Crippen molar-refractivity contribution >= 4 is 17.9 Å². The largest absolute Gasteiger partial charge is 3.00 e. The predicted octanol–water partition coefficient (Wildman–Crippen LogP) is 14.6. The zero-order valence-electron chi connectivity index (χ0n) is 42.5. The van der Waals surface area contributed by atoms with Gasteiger partial charge in [0.05, 0.1) is 0 Å². The minimum absolute atomic E-state index is 0. The standard InChI is InChI=1S/3C18H36O2.Nd/c3*1-4-7-9-11-12-14-16-18(6-3,17(19)20)15-13-10-8-5-2;/h3*4-16H2,1-3H3,(H,19,20);/q;;;+3/p-3. The summed E-state index contributed by atoms with van der Waals surface area (Å²) in [7, 11) is 0. The van der Waals surface area contributed by atoms with Gasteiger partial charge < -0.3 is 29.7 Å². The second-order valence-corrected chi connectivity index (χ2v) is 18.7. The molecule has 0 aliphatic carbocycles. The smallest absolute Gasteiger partial charge is 0.550 e. The summed E-state index contributed by atoms with van der Waals surface area (Å²) in [5, 5.41) is 34.7. The molecule has 0 aromatic carbocycles. The second kappa shape index (κ2) is 47.7. The van der Waals surface area contributed by atoms with E-state index >= 15 is 0 Å². The van der Waals surface area contributed by atoms with Gasteiger partial charge in [-0.3, -0.25) is 0 Å². The van der Waals surface area contributed by atoms with E-state index in [0.717, 1.165) is 116 Å². The quantitative estimate of drug-likeness (QED) is 0.0562. The topological polar surface area (TPSA) is 120 Å². The molecule has 0 N–H and O–H groups in total. The molecule has 0 rings (SSSR count). The fraction of sp³-hybridized carbons (Fsp3) is 0.944. The van der Waals surface area contributed by atoms with E-state index in [4.69, 9.17) is 0 Å². The number of carboxylic acids is 3. The Labute approximate surface area is 414 Å². The number of aliphatic carboxylic acids is 3. The van der Waals surface area contributed by atoms with Gasteiger partial charge in [-0.2, -0.15) is 0 Å². The van der Waals surface area contributed by atoms with Crippen molar-refractivity contribution in [1.29, 1.82) is 0 Å². The van der Waals surface area contributed by atoms with Crippen molar-refractivity contribution in [3.8, 4) is 0 Å². The number of carbonyl (C=O) groups excluding carboxylic acids is 3. The minimum atomic E-state index is -0.815. The summed E-state index contributed by atoms with van der Waals surface area (Å²) in [6.45, 7) is 19.2. The fourth-order valence-electron chi connectivity index (χ4n) is 8.88. The molecule has 0 aliphatic heterocycles. The molecule has 361 valence electrons. The molecular formula is C54H105NdO6. The Morgan fingerprint density at radius 2 is 0.393 bits per heavy atom. The normalized spacial score (nSPS) is 13.9. The Morgan fingerprint density at radius 1 is 0.262 bits per heavy atom. The van der Waals surface area contributed by atoms with E-state index in [9.17, 15) is 29.7 Å². The van der Waals surface area contributed by atoms with Crippen molar-refractivity contribution in [2.45, 2.75) is 313 Å². The van der Waals surface area contributed by atoms with E-state index in [2.05, 4.69) is 41.5 Å². The maximum Gasteiger partial charge on any atom is 3.00 e. The number of carbonyl (C=O) groups is 3. The summed E-state index contributed by atoms with van der Waals surface area (Å²) in [5.74, 6) is -2.44. The summed E-state index contributed by atoms with van der Waals surface area (Å²) >= 11 is 0. The second-order valence-electron chi connectivity index (χ2n) is 18.7. The molecule has 0 saturated heterocycles. The average Bonchev–Trinajstić information content (AvgIpc) is 3.24. The fourth-order valence-corrected chi connectivity index (χ4v) is 8.88. The summed E-state index contributed by atoms with van der Waals surface area (Å²) in [6, 6.07) is 0. The van der Waals surface area contributed by atoms with E-state index < -0.39 is 34.2 Å².